The van der Waals surface area contributed by atoms with Crippen LogP contribution in [-0.4, -0.2) is 15.2 Å². The van der Waals surface area contributed by atoms with Crippen LogP contribution in [0.25, 0.3) is 11.4 Å². The lowest BCUT2D eigenvalue weighted by Gasteiger charge is -1.83. The van der Waals surface area contributed by atoms with Gasteiger partial charge in [-0.15, -0.1) is 10.2 Å². The number of aromatic amines is 1. The third-order valence-electron chi connectivity index (χ3n) is 1.21. The molecule has 0 spiro atoms. The highest BCUT2D eigenvalue weighted by molar-refractivity contribution is 7.08. The molecule has 3 nitrogen and oxygen atoms in total. The SMILES string of the molecule is c1nnc(-c2ccsc2)[nH]1. The normalized spacial score (nSPS) is 10.0. The molecular formula is C6H5N3S. The summed E-state index contributed by atoms with van der Waals surface area (Å²) >= 11 is 1.65. The molecule has 1 N–H and O–H groups in total. The minimum absolute atomic E-state index is 0.834. The van der Waals surface area contributed by atoms with Crippen molar-refractivity contribution < 1.29 is 0 Å². The topological polar surface area (TPSA) is 41.6 Å². The monoisotopic (exact) mass is 151 g/mol. The van der Waals surface area contributed by atoms with E-state index in [1.54, 1.807) is 17.7 Å². The van der Waals surface area contributed by atoms with E-state index in [0.29, 0.717) is 0 Å². The van der Waals surface area contributed by atoms with Crippen molar-refractivity contribution >= 4 is 11.3 Å². The summed E-state index contributed by atoms with van der Waals surface area (Å²) in [4.78, 5) is 2.92. The highest BCUT2D eigenvalue weighted by atomic mass is 32.1. The van der Waals surface area contributed by atoms with E-state index in [4.69, 9.17) is 0 Å². The van der Waals surface area contributed by atoms with E-state index in [0.717, 1.165) is 11.4 Å². The second-order valence-electron chi connectivity index (χ2n) is 1.85. The molecule has 0 bridgehead atoms. The first kappa shape index (κ1) is 5.61. The molecule has 2 aromatic rings. The summed E-state index contributed by atoms with van der Waals surface area (Å²) in [6, 6.07) is 2.01. The largest absolute Gasteiger partial charge is 0.328 e. The van der Waals surface area contributed by atoms with Gasteiger partial charge in [0.05, 0.1) is 0 Å². The van der Waals surface area contributed by atoms with Crippen molar-refractivity contribution in [2.45, 2.75) is 0 Å². The van der Waals surface area contributed by atoms with Crippen LogP contribution in [0.5, 0.6) is 0 Å². The predicted octanol–water partition coefficient (Wildman–Crippen LogP) is 1.53. The highest BCUT2D eigenvalue weighted by Gasteiger charge is 1.97. The van der Waals surface area contributed by atoms with Gasteiger partial charge in [0.1, 0.15) is 6.33 Å². The van der Waals surface area contributed by atoms with Crippen LogP contribution < -0.4 is 0 Å². The Kier molecular flexibility index (Phi) is 1.25. The fourth-order valence-electron chi connectivity index (χ4n) is 0.746. The molecule has 0 aliphatic carbocycles. The predicted molar refractivity (Wildman–Crippen MR) is 39.7 cm³/mol. The maximum absolute atomic E-state index is 3.86. The number of nitrogens with one attached hydrogen (secondary N) is 1. The number of rotatable bonds is 1. The molecule has 50 valence electrons. The molecule has 2 aromatic heterocycles. The van der Waals surface area contributed by atoms with Crippen molar-refractivity contribution in [3.8, 4) is 11.4 Å². The van der Waals surface area contributed by atoms with E-state index >= 15 is 0 Å². The van der Waals surface area contributed by atoms with Gasteiger partial charge < -0.3 is 4.98 Å². The summed E-state index contributed by atoms with van der Waals surface area (Å²) in [6.45, 7) is 0. The van der Waals surface area contributed by atoms with Crippen LogP contribution in [0.1, 0.15) is 0 Å². The highest BCUT2D eigenvalue weighted by Crippen LogP contribution is 2.16. The van der Waals surface area contributed by atoms with Crippen LogP contribution >= 0.6 is 11.3 Å². The van der Waals surface area contributed by atoms with E-state index < -0.39 is 0 Å². The van der Waals surface area contributed by atoms with Gasteiger partial charge in [-0.2, -0.15) is 11.3 Å². The molecule has 2 rings (SSSR count). The number of thiophene rings is 1. The van der Waals surface area contributed by atoms with Crippen molar-refractivity contribution in [3.05, 3.63) is 23.2 Å². The molecule has 0 aliphatic heterocycles. The van der Waals surface area contributed by atoms with Gasteiger partial charge in [0.2, 0.25) is 0 Å². The van der Waals surface area contributed by atoms with Crippen molar-refractivity contribution in [3.63, 3.8) is 0 Å². The molecule has 0 aliphatic rings. The average Bonchev–Trinajstić information content (AvgIpc) is 2.59. The Bertz CT molecular complexity index is 252. The number of nitrogens with zero attached hydrogens (tertiary/aromatic N) is 2. The van der Waals surface area contributed by atoms with Crippen LogP contribution in [-0.2, 0) is 0 Å². The third kappa shape index (κ3) is 0.823. The van der Waals surface area contributed by atoms with Crippen LogP contribution in [0.4, 0.5) is 0 Å². The Morgan fingerprint density at radius 2 is 2.50 bits per heavy atom. The quantitative estimate of drug-likeness (QED) is 0.671. The number of H-pyrrole nitrogens is 1. The lowest BCUT2D eigenvalue weighted by atomic mass is 10.3. The molecule has 0 saturated heterocycles. The summed E-state index contributed by atoms with van der Waals surface area (Å²) in [5, 5.41) is 11.6. The maximum atomic E-state index is 3.86. The molecule has 0 fully saturated rings. The summed E-state index contributed by atoms with van der Waals surface area (Å²) in [6.07, 6.45) is 1.58. The molecule has 0 radical (unpaired) electrons. The summed E-state index contributed by atoms with van der Waals surface area (Å²) in [5.74, 6) is 0.834. The molecule has 10 heavy (non-hydrogen) atoms. The average molecular weight is 151 g/mol. The minimum Gasteiger partial charge on any atom is -0.328 e. The lowest BCUT2D eigenvalue weighted by Crippen LogP contribution is -1.74. The van der Waals surface area contributed by atoms with Gasteiger partial charge in [0, 0.05) is 10.9 Å². The third-order valence-corrected chi connectivity index (χ3v) is 1.89. The van der Waals surface area contributed by atoms with E-state index in [1.807, 2.05) is 16.8 Å². The lowest BCUT2D eigenvalue weighted by molar-refractivity contribution is 1.10. The number of aromatic nitrogens is 3. The Hall–Kier alpha value is -1.16. The summed E-state index contributed by atoms with van der Waals surface area (Å²) in [5.41, 5.74) is 1.10. The molecule has 4 heteroatoms. The second-order valence-corrected chi connectivity index (χ2v) is 2.63. The van der Waals surface area contributed by atoms with E-state index in [2.05, 4.69) is 15.2 Å². The van der Waals surface area contributed by atoms with Gasteiger partial charge in [-0.05, 0) is 11.4 Å². The number of hydrogen-bond acceptors (Lipinski definition) is 3. The van der Waals surface area contributed by atoms with Crippen LogP contribution in [0.15, 0.2) is 23.2 Å². The Labute approximate surface area is 61.7 Å². The first-order chi connectivity index (χ1) is 4.97. The minimum atomic E-state index is 0.834. The zero-order valence-electron chi connectivity index (χ0n) is 5.11. The standard InChI is InChI=1S/C6H5N3S/c1-2-10-3-5(1)6-7-4-8-9-6/h1-4H,(H,7,8,9). The Morgan fingerprint density at radius 1 is 1.50 bits per heavy atom. The van der Waals surface area contributed by atoms with Crippen LogP contribution in [0.2, 0.25) is 0 Å². The maximum Gasteiger partial charge on any atom is 0.161 e. The molecule has 0 unspecified atom stereocenters. The molecule has 0 amide bonds. The van der Waals surface area contributed by atoms with E-state index in [1.165, 1.54) is 0 Å². The fourth-order valence-corrected chi connectivity index (χ4v) is 1.39. The van der Waals surface area contributed by atoms with Crippen molar-refractivity contribution in [2.24, 2.45) is 0 Å². The summed E-state index contributed by atoms with van der Waals surface area (Å²) in [7, 11) is 0. The first-order valence-corrected chi connectivity index (χ1v) is 3.80. The van der Waals surface area contributed by atoms with Crippen molar-refractivity contribution in [2.75, 3.05) is 0 Å². The molecular weight excluding hydrogens is 146 g/mol. The van der Waals surface area contributed by atoms with E-state index in [9.17, 15) is 0 Å². The van der Waals surface area contributed by atoms with Crippen LogP contribution in [0, 0.1) is 0 Å². The summed E-state index contributed by atoms with van der Waals surface area (Å²) < 4.78 is 0. The van der Waals surface area contributed by atoms with Gasteiger partial charge in [-0.3, -0.25) is 0 Å². The molecule has 2 heterocycles. The first-order valence-electron chi connectivity index (χ1n) is 2.85. The van der Waals surface area contributed by atoms with Gasteiger partial charge in [-0.1, -0.05) is 0 Å². The van der Waals surface area contributed by atoms with Gasteiger partial charge in [0.15, 0.2) is 5.82 Å². The second kappa shape index (κ2) is 2.22. The molecule has 0 aromatic carbocycles. The Balaban J connectivity index is 2.48. The fraction of sp³-hybridized carbons (Fsp3) is 0. The number of hydrogen-bond donors (Lipinski definition) is 1. The van der Waals surface area contributed by atoms with Crippen molar-refractivity contribution in [1.82, 2.24) is 15.2 Å². The van der Waals surface area contributed by atoms with Gasteiger partial charge >= 0.3 is 0 Å². The smallest absolute Gasteiger partial charge is 0.161 e. The Morgan fingerprint density at radius 3 is 3.10 bits per heavy atom. The van der Waals surface area contributed by atoms with Crippen molar-refractivity contribution in [1.29, 1.82) is 0 Å². The zero-order valence-corrected chi connectivity index (χ0v) is 5.93. The molecule has 0 saturated carbocycles. The molecule has 0 atom stereocenters. The van der Waals surface area contributed by atoms with Gasteiger partial charge in [0.25, 0.3) is 0 Å². The van der Waals surface area contributed by atoms with Crippen LogP contribution in [0.3, 0.4) is 0 Å². The van der Waals surface area contributed by atoms with Gasteiger partial charge in [-0.25, -0.2) is 0 Å². The van der Waals surface area contributed by atoms with E-state index in [-0.39, 0.29) is 0 Å². The zero-order chi connectivity index (χ0) is 6.81.